The number of alkyl halides is 2. The largest absolute Gasteiger partial charge is 0.341 e. The molecule has 21 heavy (non-hydrogen) atoms. The number of hydrogen-bond donors (Lipinski definition) is 2. The zero-order valence-electron chi connectivity index (χ0n) is 11.2. The van der Waals surface area contributed by atoms with Crippen LogP contribution in [0.3, 0.4) is 0 Å². The second-order valence-corrected chi connectivity index (χ2v) is 7.07. The van der Waals surface area contributed by atoms with Gasteiger partial charge in [0, 0.05) is 5.69 Å². The Labute approximate surface area is 121 Å². The molecule has 0 spiro atoms. The van der Waals surface area contributed by atoms with Crippen LogP contribution < -0.4 is 11.1 Å². The van der Waals surface area contributed by atoms with Gasteiger partial charge in [-0.3, -0.25) is 4.79 Å². The van der Waals surface area contributed by atoms with Crippen LogP contribution in [0.1, 0.15) is 25.7 Å². The minimum absolute atomic E-state index is 0.324. The van der Waals surface area contributed by atoms with E-state index in [0.29, 0.717) is 18.5 Å². The topological polar surface area (TPSA) is 89.3 Å². The van der Waals surface area contributed by atoms with E-state index in [1.165, 1.54) is 12.1 Å². The van der Waals surface area contributed by atoms with Crippen LogP contribution in [-0.2, 0) is 14.6 Å². The van der Waals surface area contributed by atoms with E-state index in [-0.39, 0.29) is 5.91 Å². The molecule has 2 rings (SSSR count). The Balaban J connectivity index is 2.12. The zero-order valence-corrected chi connectivity index (χ0v) is 12.0. The highest BCUT2D eigenvalue weighted by Gasteiger charge is 2.37. The monoisotopic (exact) mass is 318 g/mol. The standard InChI is InChI=1S/C13H16F2N2O3S/c14-12(15)21(19,20)10-5-3-9(4-6-10)17-11(18)13(16)7-1-2-8-13/h3-6,12H,1-2,7-8,16H2,(H,17,18). The molecule has 1 saturated carbocycles. The summed E-state index contributed by atoms with van der Waals surface area (Å²) in [6.07, 6.45) is 2.96. The Morgan fingerprint density at radius 3 is 2.19 bits per heavy atom. The van der Waals surface area contributed by atoms with Crippen molar-refractivity contribution < 1.29 is 22.0 Å². The van der Waals surface area contributed by atoms with Gasteiger partial charge in [0.2, 0.25) is 15.7 Å². The number of anilines is 1. The molecule has 0 aliphatic heterocycles. The Bertz CT molecular complexity index is 623. The number of nitrogens with two attached hydrogens (primary N) is 1. The van der Waals surface area contributed by atoms with Gasteiger partial charge in [0.25, 0.3) is 0 Å². The van der Waals surface area contributed by atoms with E-state index in [4.69, 9.17) is 5.73 Å². The number of sulfone groups is 1. The third-order valence-corrected chi connectivity index (χ3v) is 5.02. The second-order valence-electron chi connectivity index (χ2n) is 5.15. The van der Waals surface area contributed by atoms with Crippen LogP contribution in [0.4, 0.5) is 14.5 Å². The van der Waals surface area contributed by atoms with Gasteiger partial charge in [0.1, 0.15) is 0 Å². The summed E-state index contributed by atoms with van der Waals surface area (Å²) in [7, 11) is -4.62. The summed E-state index contributed by atoms with van der Waals surface area (Å²) in [6.45, 7) is 0. The van der Waals surface area contributed by atoms with Gasteiger partial charge < -0.3 is 11.1 Å². The van der Waals surface area contributed by atoms with Crippen molar-refractivity contribution in [2.45, 2.75) is 41.9 Å². The highest BCUT2D eigenvalue weighted by atomic mass is 32.2. The van der Waals surface area contributed by atoms with Gasteiger partial charge in [-0.05, 0) is 37.1 Å². The molecule has 5 nitrogen and oxygen atoms in total. The minimum Gasteiger partial charge on any atom is -0.324 e. The maximum Gasteiger partial charge on any atom is 0.341 e. The van der Waals surface area contributed by atoms with Gasteiger partial charge in [-0.15, -0.1) is 0 Å². The van der Waals surface area contributed by atoms with Crippen LogP contribution in [0.15, 0.2) is 29.2 Å². The molecule has 116 valence electrons. The lowest BCUT2D eigenvalue weighted by atomic mass is 9.98. The van der Waals surface area contributed by atoms with E-state index in [1.807, 2.05) is 0 Å². The van der Waals surface area contributed by atoms with Gasteiger partial charge in [-0.2, -0.15) is 8.78 Å². The fourth-order valence-corrected chi connectivity index (χ4v) is 3.04. The molecular weight excluding hydrogens is 302 g/mol. The van der Waals surface area contributed by atoms with Crippen LogP contribution >= 0.6 is 0 Å². The lowest BCUT2D eigenvalue weighted by molar-refractivity contribution is -0.121. The molecule has 0 bridgehead atoms. The van der Waals surface area contributed by atoms with E-state index in [1.54, 1.807) is 0 Å². The van der Waals surface area contributed by atoms with Gasteiger partial charge in [0.15, 0.2) is 0 Å². The second kappa shape index (κ2) is 5.69. The minimum atomic E-state index is -4.62. The molecule has 1 aromatic rings. The van der Waals surface area contributed by atoms with E-state index < -0.39 is 26.0 Å². The number of hydrogen-bond acceptors (Lipinski definition) is 4. The van der Waals surface area contributed by atoms with Gasteiger partial charge in [0.05, 0.1) is 10.4 Å². The van der Waals surface area contributed by atoms with Crippen molar-refractivity contribution in [3.63, 3.8) is 0 Å². The molecule has 1 aromatic carbocycles. The summed E-state index contributed by atoms with van der Waals surface area (Å²) in [5, 5.41) is 2.59. The van der Waals surface area contributed by atoms with Gasteiger partial charge in [-0.1, -0.05) is 12.8 Å². The number of amides is 1. The molecule has 1 amide bonds. The summed E-state index contributed by atoms with van der Waals surface area (Å²) in [4.78, 5) is 11.6. The van der Waals surface area contributed by atoms with Crippen molar-refractivity contribution in [3.05, 3.63) is 24.3 Å². The summed E-state index contributed by atoms with van der Waals surface area (Å²) in [5.74, 6) is -3.81. The molecule has 1 aliphatic rings. The van der Waals surface area contributed by atoms with Gasteiger partial charge in [-0.25, -0.2) is 8.42 Å². The van der Waals surface area contributed by atoms with Crippen LogP contribution in [0, 0.1) is 0 Å². The number of rotatable bonds is 4. The Morgan fingerprint density at radius 1 is 1.19 bits per heavy atom. The van der Waals surface area contributed by atoms with Crippen LogP contribution in [0.25, 0.3) is 0 Å². The number of carbonyl (C=O) groups is 1. The first-order chi connectivity index (χ1) is 9.75. The van der Waals surface area contributed by atoms with Crippen molar-refractivity contribution in [1.29, 1.82) is 0 Å². The van der Waals surface area contributed by atoms with Crippen molar-refractivity contribution in [2.24, 2.45) is 5.73 Å². The maximum absolute atomic E-state index is 12.4. The number of nitrogens with one attached hydrogen (secondary N) is 1. The predicted octanol–water partition coefficient (Wildman–Crippen LogP) is 1.89. The van der Waals surface area contributed by atoms with Crippen LogP contribution in [0.2, 0.25) is 0 Å². The molecule has 1 aliphatic carbocycles. The van der Waals surface area contributed by atoms with E-state index >= 15 is 0 Å². The number of benzene rings is 1. The summed E-state index contributed by atoms with van der Waals surface area (Å²) >= 11 is 0. The smallest absolute Gasteiger partial charge is 0.324 e. The average Bonchev–Trinajstić information content (AvgIpc) is 2.87. The lowest BCUT2D eigenvalue weighted by Gasteiger charge is -2.22. The molecule has 1 fully saturated rings. The van der Waals surface area contributed by atoms with Crippen molar-refractivity contribution in [2.75, 3.05) is 5.32 Å². The fourth-order valence-electron chi connectivity index (χ4n) is 2.32. The summed E-state index contributed by atoms with van der Waals surface area (Å²) in [6, 6.07) is 4.61. The Morgan fingerprint density at radius 2 is 1.71 bits per heavy atom. The quantitative estimate of drug-likeness (QED) is 0.887. The predicted molar refractivity (Wildman–Crippen MR) is 73.6 cm³/mol. The molecule has 0 radical (unpaired) electrons. The van der Waals surface area contributed by atoms with E-state index in [0.717, 1.165) is 25.0 Å². The molecule has 0 aromatic heterocycles. The SMILES string of the molecule is NC1(C(=O)Nc2ccc(S(=O)(=O)C(F)F)cc2)CCCC1. The molecule has 3 N–H and O–H groups in total. The first-order valence-corrected chi connectivity index (χ1v) is 8.03. The van der Waals surface area contributed by atoms with Crippen LogP contribution in [0.5, 0.6) is 0 Å². The number of carbonyl (C=O) groups excluding carboxylic acids is 1. The summed E-state index contributed by atoms with van der Waals surface area (Å²) in [5.41, 5.74) is 5.40. The maximum atomic E-state index is 12.4. The van der Waals surface area contributed by atoms with Crippen molar-refractivity contribution >= 4 is 21.4 Å². The third-order valence-electron chi connectivity index (χ3n) is 3.62. The summed E-state index contributed by atoms with van der Waals surface area (Å²) < 4.78 is 47.3. The lowest BCUT2D eigenvalue weighted by Crippen LogP contribution is -2.48. The highest BCUT2D eigenvalue weighted by molar-refractivity contribution is 7.91. The first kappa shape index (κ1) is 15.8. The zero-order chi connectivity index (χ0) is 15.7. The Kier molecular flexibility index (Phi) is 4.29. The molecule has 8 heteroatoms. The van der Waals surface area contributed by atoms with E-state index in [9.17, 15) is 22.0 Å². The fraction of sp³-hybridized carbons (Fsp3) is 0.462. The van der Waals surface area contributed by atoms with E-state index in [2.05, 4.69) is 5.32 Å². The normalized spacial score (nSPS) is 17.9. The first-order valence-electron chi connectivity index (χ1n) is 6.48. The third kappa shape index (κ3) is 3.21. The Hall–Kier alpha value is -1.54. The molecule has 0 saturated heterocycles. The molecule has 0 atom stereocenters. The molecule has 0 unspecified atom stereocenters. The highest BCUT2D eigenvalue weighted by Crippen LogP contribution is 2.28. The molecular formula is C13H16F2N2O3S. The average molecular weight is 318 g/mol. The van der Waals surface area contributed by atoms with Gasteiger partial charge >= 0.3 is 5.76 Å². The van der Waals surface area contributed by atoms with Crippen LogP contribution in [-0.4, -0.2) is 25.6 Å². The van der Waals surface area contributed by atoms with Crippen molar-refractivity contribution in [1.82, 2.24) is 0 Å². The van der Waals surface area contributed by atoms with Crippen molar-refractivity contribution in [3.8, 4) is 0 Å². The number of halogens is 2. The molecule has 0 heterocycles.